The summed E-state index contributed by atoms with van der Waals surface area (Å²) in [6.07, 6.45) is 2.14. The second kappa shape index (κ2) is 7.06. The van der Waals surface area contributed by atoms with Gasteiger partial charge in [-0.2, -0.15) is 0 Å². The monoisotopic (exact) mass is 382 g/mol. The van der Waals surface area contributed by atoms with Crippen molar-refractivity contribution in [1.29, 1.82) is 0 Å². The average molecular weight is 383 g/mol. The van der Waals surface area contributed by atoms with Gasteiger partial charge >= 0.3 is 6.09 Å². The Morgan fingerprint density at radius 2 is 2.08 bits per heavy atom. The highest BCUT2D eigenvalue weighted by molar-refractivity contribution is 6.30. The number of halogens is 2. The summed E-state index contributed by atoms with van der Waals surface area (Å²) in [4.78, 5) is 26.9. The van der Waals surface area contributed by atoms with Gasteiger partial charge in [-0.1, -0.05) is 23.7 Å². The smallest absolute Gasteiger partial charge is 0.411 e. The molecule has 2 fully saturated rings. The lowest BCUT2D eigenvalue weighted by Gasteiger charge is -2.35. The van der Waals surface area contributed by atoms with Crippen LogP contribution < -0.4 is 5.32 Å². The quantitative estimate of drug-likeness (QED) is 0.862. The second-order valence-corrected chi connectivity index (χ2v) is 8.40. The third-order valence-electron chi connectivity index (χ3n) is 4.94. The Morgan fingerprint density at radius 3 is 2.77 bits per heavy atom. The first-order valence-corrected chi connectivity index (χ1v) is 9.27. The average Bonchev–Trinajstić information content (AvgIpc) is 3.15. The molecule has 1 N–H and O–H groups in total. The first-order valence-electron chi connectivity index (χ1n) is 8.89. The minimum absolute atomic E-state index is 0.0204. The maximum Gasteiger partial charge on any atom is 0.411 e. The normalized spacial score (nSPS) is 24.7. The topological polar surface area (TPSA) is 58.6 Å². The molecule has 3 rings (SSSR count). The van der Waals surface area contributed by atoms with Crippen LogP contribution in [-0.2, 0) is 16.1 Å². The van der Waals surface area contributed by atoms with Crippen LogP contribution in [0.3, 0.4) is 0 Å². The Bertz CT molecular complexity index is 719. The molecule has 2 aliphatic rings. The number of carbonyl (C=O) groups excluding carboxylic acids is 2. The number of hydrogen-bond acceptors (Lipinski definition) is 3. The summed E-state index contributed by atoms with van der Waals surface area (Å²) < 4.78 is 19.5. The first kappa shape index (κ1) is 19.0. The van der Waals surface area contributed by atoms with Gasteiger partial charge in [0.15, 0.2) is 0 Å². The number of rotatable bonds is 3. The lowest BCUT2D eigenvalue weighted by Crippen LogP contribution is -2.53. The Balaban J connectivity index is 1.70. The zero-order chi connectivity index (χ0) is 19.1. The van der Waals surface area contributed by atoms with Crippen molar-refractivity contribution in [3.05, 3.63) is 34.6 Å². The van der Waals surface area contributed by atoms with Crippen LogP contribution in [0.5, 0.6) is 0 Å². The van der Waals surface area contributed by atoms with Crippen LogP contribution in [0.4, 0.5) is 9.18 Å². The summed E-state index contributed by atoms with van der Waals surface area (Å²) in [5.41, 5.74) is -0.304. The van der Waals surface area contributed by atoms with E-state index in [1.54, 1.807) is 37.8 Å². The minimum Gasteiger partial charge on any atom is -0.444 e. The fourth-order valence-corrected chi connectivity index (χ4v) is 4.07. The van der Waals surface area contributed by atoms with E-state index in [1.807, 2.05) is 0 Å². The largest absolute Gasteiger partial charge is 0.444 e. The van der Waals surface area contributed by atoms with Gasteiger partial charge in [0.05, 0.1) is 5.02 Å². The van der Waals surface area contributed by atoms with E-state index in [0.29, 0.717) is 5.56 Å². The molecular formula is C19H24ClFN2O3. The molecule has 1 aromatic carbocycles. The lowest BCUT2D eigenvalue weighted by atomic mass is 9.98. The molecular weight excluding hydrogens is 359 g/mol. The molecule has 0 spiro atoms. The van der Waals surface area contributed by atoms with Crippen molar-refractivity contribution in [2.24, 2.45) is 5.92 Å². The fourth-order valence-electron chi connectivity index (χ4n) is 3.87. The van der Waals surface area contributed by atoms with E-state index in [-0.39, 0.29) is 29.4 Å². The summed E-state index contributed by atoms with van der Waals surface area (Å²) >= 11 is 5.78. The minimum atomic E-state index is -0.621. The van der Waals surface area contributed by atoms with Gasteiger partial charge in [-0.15, -0.1) is 0 Å². The number of hydrogen-bond donors (Lipinski definition) is 1. The highest BCUT2D eigenvalue weighted by Crippen LogP contribution is 2.43. The number of piperidine rings is 1. The third-order valence-corrected chi connectivity index (χ3v) is 5.23. The Labute approximate surface area is 157 Å². The van der Waals surface area contributed by atoms with Crippen LogP contribution in [0.2, 0.25) is 5.02 Å². The fraction of sp³-hybridized carbons (Fsp3) is 0.579. The number of nitrogens with zero attached hydrogens (tertiary/aromatic N) is 1. The third kappa shape index (κ3) is 3.80. The van der Waals surface area contributed by atoms with Gasteiger partial charge in [0.1, 0.15) is 17.5 Å². The van der Waals surface area contributed by atoms with Crippen LogP contribution in [0, 0.1) is 11.7 Å². The SMILES string of the molecule is CC(C)(C)OC(=O)N1[C@@H]2CC[C@@H](C2)[C@H]1C(=O)NCc1cccc(Cl)c1F. The first-order chi connectivity index (χ1) is 12.2. The Kier molecular flexibility index (Phi) is 5.15. The zero-order valence-electron chi connectivity index (χ0n) is 15.2. The number of fused-ring (bicyclic) bond motifs is 2. The van der Waals surface area contributed by atoms with Gasteiger partial charge in [0.2, 0.25) is 5.91 Å². The molecule has 0 radical (unpaired) electrons. The summed E-state index contributed by atoms with van der Waals surface area (Å²) in [5.74, 6) is -0.689. The van der Waals surface area contributed by atoms with Crippen molar-refractivity contribution < 1.29 is 18.7 Å². The number of nitrogens with one attached hydrogen (secondary N) is 1. The van der Waals surface area contributed by atoms with Crippen molar-refractivity contribution in [2.75, 3.05) is 0 Å². The van der Waals surface area contributed by atoms with Crippen LogP contribution in [0.1, 0.15) is 45.6 Å². The summed E-state index contributed by atoms with van der Waals surface area (Å²) in [6.45, 7) is 5.43. The molecule has 142 valence electrons. The van der Waals surface area contributed by atoms with E-state index in [2.05, 4.69) is 5.32 Å². The van der Waals surface area contributed by atoms with E-state index in [9.17, 15) is 14.0 Å². The maximum atomic E-state index is 14.0. The summed E-state index contributed by atoms with van der Waals surface area (Å²) in [6, 6.07) is 4.15. The number of benzene rings is 1. The molecule has 1 aliphatic carbocycles. The molecule has 1 aliphatic heterocycles. The van der Waals surface area contributed by atoms with Crippen LogP contribution >= 0.6 is 11.6 Å². The Hall–Kier alpha value is -1.82. The molecule has 5 nitrogen and oxygen atoms in total. The number of carbonyl (C=O) groups is 2. The van der Waals surface area contributed by atoms with Crippen molar-refractivity contribution in [3.63, 3.8) is 0 Å². The van der Waals surface area contributed by atoms with Gasteiger partial charge in [0.25, 0.3) is 0 Å². The molecule has 0 aromatic heterocycles. The van der Waals surface area contributed by atoms with Crippen LogP contribution in [0.15, 0.2) is 18.2 Å². The summed E-state index contributed by atoms with van der Waals surface area (Å²) in [5, 5.41) is 2.77. The van der Waals surface area contributed by atoms with E-state index >= 15 is 0 Å². The van der Waals surface area contributed by atoms with E-state index < -0.39 is 23.6 Å². The van der Waals surface area contributed by atoms with Gasteiger partial charge in [-0.05, 0) is 52.0 Å². The van der Waals surface area contributed by atoms with Gasteiger partial charge in [-0.25, -0.2) is 9.18 Å². The standard InChI is InChI=1S/C19H24ClFN2O3/c1-19(2,3)26-18(25)23-13-8-7-11(9-13)16(23)17(24)22-10-12-5-4-6-14(20)15(12)21/h4-6,11,13,16H,7-10H2,1-3H3,(H,22,24)/t11-,13+,16-/m0/s1. The van der Waals surface area contributed by atoms with Crippen LogP contribution in [0.25, 0.3) is 0 Å². The van der Waals surface area contributed by atoms with Crippen molar-refractivity contribution >= 4 is 23.6 Å². The predicted octanol–water partition coefficient (Wildman–Crippen LogP) is 3.88. The molecule has 26 heavy (non-hydrogen) atoms. The number of amides is 2. The Morgan fingerprint density at radius 1 is 1.35 bits per heavy atom. The second-order valence-electron chi connectivity index (χ2n) is 7.99. The summed E-state index contributed by atoms with van der Waals surface area (Å²) in [7, 11) is 0. The molecule has 1 saturated heterocycles. The molecule has 3 atom stereocenters. The van der Waals surface area contributed by atoms with E-state index in [0.717, 1.165) is 19.3 Å². The molecule has 7 heteroatoms. The highest BCUT2D eigenvalue weighted by atomic mass is 35.5. The lowest BCUT2D eigenvalue weighted by molar-refractivity contribution is -0.128. The molecule has 1 saturated carbocycles. The highest BCUT2D eigenvalue weighted by Gasteiger charge is 2.52. The van der Waals surface area contributed by atoms with Crippen molar-refractivity contribution in [2.45, 2.75) is 64.3 Å². The molecule has 2 bridgehead atoms. The molecule has 1 aromatic rings. The van der Waals surface area contributed by atoms with Gasteiger partial charge in [-0.3, -0.25) is 9.69 Å². The maximum absolute atomic E-state index is 14.0. The van der Waals surface area contributed by atoms with Gasteiger partial charge < -0.3 is 10.1 Å². The number of ether oxygens (including phenoxy) is 1. The molecule has 0 unspecified atom stereocenters. The molecule has 2 amide bonds. The zero-order valence-corrected chi connectivity index (χ0v) is 16.0. The van der Waals surface area contributed by atoms with E-state index in [4.69, 9.17) is 16.3 Å². The van der Waals surface area contributed by atoms with Crippen LogP contribution in [-0.4, -0.2) is 34.6 Å². The van der Waals surface area contributed by atoms with Gasteiger partial charge in [0, 0.05) is 18.2 Å². The molecule has 1 heterocycles. The van der Waals surface area contributed by atoms with Crippen molar-refractivity contribution in [1.82, 2.24) is 10.2 Å². The van der Waals surface area contributed by atoms with E-state index in [1.165, 1.54) is 6.07 Å². The van der Waals surface area contributed by atoms with Crippen molar-refractivity contribution in [3.8, 4) is 0 Å². The predicted molar refractivity (Wildman–Crippen MR) is 96.2 cm³/mol. The number of likely N-dealkylation sites (tertiary alicyclic amines) is 1.